The quantitative estimate of drug-likeness (QED) is 0.462. The van der Waals surface area contributed by atoms with E-state index in [-0.39, 0.29) is 11.1 Å². The molecule has 3 nitrogen and oxygen atoms in total. The summed E-state index contributed by atoms with van der Waals surface area (Å²) in [6, 6.07) is 4.66. The molecule has 0 amide bonds. The van der Waals surface area contributed by atoms with E-state index in [0.29, 0.717) is 17.0 Å². The molecule has 0 aromatic heterocycles. The number of nitro groups is 1. The summed E-state index contributed by atoms with van der Waals surface area (Å²) in [5.41, 5.74) is 0.674. The fraction of sp³-hybridized carbons (Fsp3) is 0.400. The number of benzene rings is 1. The SMILES string of the molecule is CCC(Cl)Cc1ccc(Cl)cc1[N+](=O)[O-]. The molecule has 0 fully saturated rings. The van der Waals surface area contributed by atoms with E-state index in [1.54, 1.807) is 12.1 Å². The third kappa shape index (κ3) is 3.36. The second-order valence-corrected chi connectivity index (χ2v) is 4.29. The van der Waals surface area contributed by atoms with Gasteiger partial charge in [0.2, 0.25) is 0 Å². The Morgan fingerprint density at radius 1 is 1.53 bits per heavy atom. The lowest BCUT2D eigenvalue weighted by Gasteiger charge is -2.07. The summed E-state index contributed by atoms with van der Waals surface area (Å²) in [6.45, 7) is 1.94. The van der Waals surface area contributed by atoms with Crippen molar-refractivity contribution in [2.75, 3.05) is 0 Å². The highest BCUT2D eigenvalue weighted by Crippen LogP contribution is 2.25. The van der Waals surface area contributed by atoms with Crippen LogP contribution in [-0.2, 0) is 6.42 Å². The lowest BCUT2D eigenvalue weighted by molar-refractivity contribution is -0.385. The average molecular weight is 248 g/mol. The number of rotatable bonds is 4. The third-order valence-electron chi connectivity index (χ3n) is 2.13. The summed E-state index contributed by atoms with van der Waals surface area (Å²) in [5.74, 6) is 0. The van der Waals surface area contributed by atoms with E-state index >= 15 is 0 Å². The smallest absolute Gasteiger partial charge is 0.258 e. The van der Waals surface area contributed by atoms with Gasteiger partial charge in [0.15, 0.2) is 0 Å². The van der Waals surface area contributed by atoms with Gasteiger partial charge in [0.05, 0.1) is 4.92 Å². The zero-order valence-electron chi connectivity index (χ0n) is 8.24. The second-order valence-electron chi connectivity index (χ2n) is 3.24. The van der Waals surface area contributed by atoms with Crippen molar-refractivity contribution in [2.24, 2.45) is 0 Å². The Morgan fingerprint density at radius 3 is 2.73 bits per heavy atom. The molecule has 0 aliphatic rings. The molecule has 0 N–H and O–H groups in total. The Morgan fingerprint density at radius 2 is 2.20 bits per heavy atom. The predicted molar refractivity (Wildman–Crippen MR) is 61.7 cm³/mol. The van der Waals surface area contributed by atoms with E-state index in [4.69, 9.17) is 23.2 Å². The van der Waals surface area contributed by atoms with Gasteiger partial charge in [-0.05, 0) is 18.9 Å². The Kier molecular flexibility index (Phi) is 4.36. The molecule has 82 valence electrons. The molecule has 0 saturated carbocycles. The molecule has 0 radical (unpaired) electrons. The highest BCUT2D eigenvalue weighted by atomic mass is 35.5. The number of hydrogen-bond acceptors (Lipinski definition) is 2. The molecule has 1 aromatic rings. The van der Waals surface area contributed by atoms with Crippen molar-refractivity contribution >= 4 is 28.9 Å². The standard InChI is InChI=1S/C10H11Cl2NO2/c1-2-8(11)5-7-3-4-9(12)6-10(7)13(14)15/h3-4,6,8H,2,5H2,1H3. The molecule has 1 rings (SSSR count). The lowest BCUT2D eigenvalue weighted by atomic mass is 10.1. The molecule has 5 heteroatoms. The van der Waals surface area contributed by atoms with Crippen molar-refractivity contribution in [3.05, 3.63) is 38.9 Å². The fourth-order valence-electron chi connectivity index (χ4n) is 1.26. The van der Waals surface area contributed by atoms with Gasteiger partial charge in [-0.25, -0.2) is 0 Å². The number of hydrogen-bond donors (Lipinski definition) is 0. The van der Waals surface area contributed by atoms with Crippen molar-refractivity contribution in [2.45, 2.75) is 25.1 Å². The summed E-state index contributed by atoms with van der Waals surface area (Å²) in [4.78, 5) is 10.3. The molecule has 0 spiro atoms. The third-order valence-corrected chi connectivity index (χ3v) is 2.83. The van der Waals surface area contributed by atoms with Crippen LogP contribution in [0.3, 0.4) is 0 Å². The van der Waals surface area contributed by atoms with E-state index in [1.165, 1.54) is 6.07 Å². The topological polar surface area (TPSA) is 43.1 Å². The highest BCUT2D eigenvalue weighted by molar-refractivity contribution is 6.30. The minimum Gasteiger partial charge on any atom is -0.258 e. The van der Waals surface area contributed by atoms with Crippen molar-refractivity contribution in [3.8, 4) is 0 Å². The maximum absolute atomic E-state index is 10.7. The number of nitrogens with zero attached hydrogens (tertiary/aromatic N) is 1. The Labute approximate surface area is 98.2 Å². The Hall–Kier alpha value is -0.800. The van der Waals surface area contributed by atoms with Crippen LogP contribution in [0.5, 0.6) is 0 Å². The molecule has 1 atom stereocenters. The molecular weight excluding hydrogens is 237 g/mol. The average Bonchev–Trinajstić information content (AvgIpc) is 2.20. The first-order valence-corrected chi connectivity index (χ1v) is 5.43. The van der Waals surface area contributed by atoms with Crippen LogP contribution in [0.2, 0.25) is 5.02 Å². The van der Waals surface area contributed by atoms with Crippen LogP contribution in [0.4, 0.5) is 5.69 Å². The van der Waals surface area contributed by atoms with Crippen molar-refractivity contribution in [1.82, 2.24) is 0 Å². The molecule has 1 aromatic carbocycles. The molecule has 1 unspecified atom stereocenters. The van der Waals surface area contributed by atoms with E-state index in [2.05, 4.69) is 0 Å². The molecule has 0 aliphatic heterocycles. The fourth-order valence-corrected chi connectivity index (χ4v) is 1.60. The first-order chi connectivity index (χ1) is 7.04. The second kappa shape index (κ2) is 5.33. The van der Waals surface area contributed by atoms with Crippen LogP contribution >= 0.6 is 23.2 Å². The zero-order valence-corrected chi connectivity index (χ0v) is 9.76. The highest BCUT2D eigenvalue weighted by Gasteiger charge is 2.16. The van der Waals surface area contributed by atoms with Gasteiger partial charge in [0.25, 0.3) is 5.69 Å². The molecule has 0 saturated heterocycles. The summed E-state index contributed by atoms with van der Waals surface area (Å²) < 4.78 is 0. The summed E-state index contributed by atoms with van der Waals surface area (Å²) in [6.07, 6.45) is 1.27. The largest absolute Gasteiger partial charge is 0.274 e. The van der Waals surface area contributed by atoms with E-state index in [0.717, 1.165) is 6.42 Å². The van der Waals surface area contributed by atoms with Crippen molar-refractivity contribution in [1.29, 1.82) is 0 Å². The minimum absolute atomic E-state index is 0.0431. The first-order valence-electron chi connectivity index (χ1n) is 4.61. The molecule has 0 heterocycles. The van der Waals surface area contributed by atoms with Crippen LogP contribution < -0.4 is 0 Å². The molecule has 0 bridgehead atoms. The predicted octanol–water partition coefficient (Wildman–Crippen LogP) is 3.81. The first kappa shape index (κ1) is 12.3. The van der Waals surface area contributed by atoms with Crippen LogP contribution in [-0.4, -0.2) is 10.3 Å². The van der Waals surface area contributed by atoms with Crippen LogP contribution in [0.25, 0.3) is 0 Å². The maximum Gasteiger partial charge on any atom is 0.274 e. The monoisotopic (exact) mass is 247 g/mol. The van der Waals surface area contributed by atoms with Crippen molar-refractivity contribution in [3.63, 3.8) is 0 Å². The van der Waals surface area contributed by atoms with E-state index in [1.807, 2.05) is 6.92 Å². The van der Waals surface area contributed by atoms with Gasteiger partial charge in [-0.3, -0.25) is 10.1 Å². The van der Waals surface area contributed by atoms with E-state index in [9.17, 15) is 10.1 Å². The Bertz CT molecular complexity index is 368. The van der Waals surface area contributed by atoms with Crippen LogP contribution in [0.1, 0.15) is 18.9 Å². The van der Waals surface area contributed by atoms with Gasteiger partial charge in [0, 0.05) is 22.0 Å². The zero-order chi connectivity index (χ0) is 11.4. The van der Waals surface area contributed by atoms with E-state index < -0.39 is 4.92 Å². The van der Waals surface area contributed by atoms with Crippen LogP contribution in [0, 0.1) is 10.1 Å². The number of halogens is 2. The van der Waals surface area contributed by atoms with Gasteiger partial charge >= 0.3 is 0 Å². The number of nitro benzene ring substituents is 1. The van der Waals surface area contributed by atoms with Gasteiger partial charge < -0.3 is 0 Å². The summed E-state index contributed by atoms with van der Waals surface area (Å²) in [5, 5.41) is 11.0. The molecular formula is C10H11Cl2NO2. The van der Waals surface area contributed by atoms with Gasteiger partial charge in [-0.15, -0.1) is 11.6 Å². The Balaban J connectivity index is 3.01. The number of alkyl halides is 1. The summed E-state index contributed by atoms with van der Waals surface area (Å²) in [7, 11) is 0. The van der Waals surface area contributed by atoms with Gasteiger partial charge in [0.1, 0.15) is 0 Å². The van der Waals surface area contributed by atoms with Gasteiger partial charge in [-0.2, -0.15) is 0 Å². The lowest BCUT2D eigenvalue weighted by Crippen LogP contribution is -2.04. The van der Waals surface area contributed by atoms with Gasteiger partial charge in [-0.1, -0.05) is 24.6 Å². The normalized spacial score (nSPS) is 12.5. The van der Waals surface area contributed by atoms with Crippen molar-refractivity contribution < 1.29 is 4.92 Å². The maximum atomic E-state index is 10.7. The van der Waals surface area contributed by atoms with Crippen LogP contribution in [0.15, 0.2) is 18.2 Å². The minimum atomic E-state index is -0.430. The molecule has 0 aliphatic carbocycles. The summed E-state index contributed by atoms with van der Waals surface area (Å²) >= 11 is 11.7. The molecule has 15 heavy (non-hydrogen) atoms.